The van der Waals surface area contributed by atoms with Crippen LogP contribution in [0.1, 0.15) is 18.2 Å². The molecule has 0 amide bonds. The van der Waals surface area contributed by atoms with Gasteiger partial charge in [-0.1, -0.05) is 6.92 Å². The van der Waals surface area contributed by atoms with E-state index < -0.39 is 0 Å². The van der Waals surface area contributed by atoms with Crippen LogP contribution in [0.15, 0.2) is 21.5 Å². The predicted octanol–water partition coefficient (Wildman–Crippen LogP) is 3.50. The molecule has 0 aromatic carbocycles. The van der Waals surface area contributed by atoms with Crippen molar-refractivity contribution >= 4 is 39.6 Å². The fourth-order valence-electron chi connectivity index (χ4n) is 0.806. The number of carbonyl (C=O) groups is 1. The molecule has 0 radical (unpaired) electrons. The minimum Gasteiger partial charge on any atom is -0.298 e. The summed E-state index contributed by atoms with van der Waals surface area (Å²) >= 11 is 4.99. The number of allylic oxidation sites excluding steroid dienone is 1. The molecule has 64 valence electrons. The monoisotopic (exact) mass is 244 g/mol. The van der Waals surface area contributed by atoms with Gasteiger partial charge in [0.1, 0.15) is 6.29 Å². The van der Waals surface area contributed by atoms with Gasteiger partial charge in [0.25, 0.3) is 0 Å². The van der Waals surface area contributed by atoms with Crippen LogP contribution in [-0.4, -0.2) is 6.29 Å². The molecule has 1 heterocycles. The lowest BCUT2D eigenvalue weighted by Gasteiger charge is -1.89. The van der Waals surface area contributed by atoms with Crippen molar-refractivity contribution in [1.29, 1.82) is 0 Å². The SMILES string of the molecule is CCC(C=O)=Cc1cc(Br)cs1. The van der Waals surface area contributed by atoms with Crippen molar-refractivity contribution in [2.24, 2.45) is 0 Å². The Hall–Kier alpha value is -0.410. The van der Waals surface area contributed by atoms with Crippen molar-refractivity contribution in [3.63, 3.8) is 0 Å². The van der Waals surface area contributed by atoms with Gasteiger partial charge in [-0.3, -0.25) is 4.79 Å². The Labute approximate surface area is 84.2 Å². The lowest BCUT2D eigenvalue weighted by Crippen LogP contribution is -1.79. The third-order valence-electron chi connectivity index (χ3n) is 1.48. The second-order valence-corrected chi connectivity index (χ2v) is 4.22. The van der Waals surface area contributed by atoms with E-state index in [1.54, 1.807) is 11.3 Å². The van der Waals surface area contributed by atoms with E-state index in [0.29, 0.717) is 0 Å². The van der Waals surface area contributed by atoms with Gasteiger partial charge in [-0.25, -0.2) is 0 Å². The standard InChI is InChI=1S/C9H9BrOS/c1-2-7(5-11)3-9-4-8(10)6-12-9/h3-6H,2H2,1H3. The molecule has 0 fully saturated rings. The Kier molecular flexibility index (Phi) is 3.69. The van der Waals surface area contributed by atoms with Gasteiger partial charge >= 0.3 is 0 Å². The fourth-order valence-corrected chi connectivity index (χ4v) is 2.22. The van der Waals surface area contributed by atoms with Gasteiger partial charge in [-0.15, -0.1) is 11.3 Å². The van der Waals surface area contributed by atoms with Crippen LogP contribution in [0.5, 0.6) is 0 Å². The Morgan fingerprint density at radius 2 is 2.50 bits per heavy atom. The Bertz CT molecular complexity index is 301. The smallest absolute Gasteiger partial charge is 0.146 e. The molecule has 3 heteroatoms. The average Bonchev–Trinajstić information content (AvgIpc) is 2.47. The first-order valence-corrected chi connectivity index (χ1v) is 5.33. The van der Waals surface area contributed by atoms with Gasteiger partial charge in [0, 0.05) is 14.7 Å². The summed E-state index contributed by atoms with van der Waals surface area (Å²) in [7, 11) is 0. The van der Waals surface area contributed by atoms with Gasteiger partial charge in [0.05, 0.1) is 0 Å². The molecule has 0 saturated carbocycles. The van der Waals surface area contributed by atoms with Crippen molar-refractivity contribution in [3.8, 4) is 0 Å². The molecule has 0 N–H and O–H groups in total. The number of hydrogen-bond donors (Lipinski definition) is 0. The van der Waals surface area contributed by atoms with Gasteiger partial charge in [-0.05, 0) is 40.1 Å². The lowest BCUT2D eigenvalue weighted by atomic mass is 10.2. The molecular formula is C9H9BrOS. The molecule has 0 spiro atoms. The highest BCUT2D eigenvalue weighted by molar-refractivity contribution is 9.10. The molecule has 12 heavy (non-hydrogen) atoms. The summed E-state index contributed by atoms with van der Waals surface area (Å²) in [4.78, 5) is 11.6. The largest absolute Gasteiger partial charge is 0.298 e. The van der Waals surface area contributed by atoms with Gasteiger partial charge in [-0.2, -0.15) is 0 Å². The molecule has 1 aromatic rings. The summed E-state index contributed by atoms with van der Waals surface area (Å²) in [5.41, 5.74) is 0.837. The Morgan fingerprint density at radius 3 is 2.92 bits per heavy atom. The number of thiophene rings is 1. The summed E-state index contributed by atoms with van der Waals surface area (Å²) in [5.74, 6) is 0. The van der Waals surface area contributed by atoms with Crippen LogP contribution in [0.3, 0.4) is 0 Å². The molecule has 0 aliphatic heterocycles. The number of carbonyl (C=O) groups excluding carboxylic acids is 1. The summed E-state index contributed by atoms with van der Waals surface area (Å²) in [6.07, 6.45) is 3.62. The molecule has 0 bridgehead atoms. The minimum atomic E-state index is 0.791. The average molecular weight is 245 g/mol. The number of rotatable bonds is 3. The second kappa shape index (κ2) is 4.58. The highest BCUT2D eigenvalue weighted by atomic mass is 79.9. The van der Waals surface area contributed by atoms with E-state index in [1.807, 2.05) is 24.4 Å². The molecule has 0 aliphatic carbocycles. The lowest BCUT2D eigenvalue weighted by molar-refractivity contribution is -0.104. The van der Waals surface area contributed by atoms with Gasteiger partial charge < -0.3 is 0 Å². The zero-order valence-electron chi connectivity index (χ0n) is 6.71. The summed E-state index contributed by atoms with van der Waals surface area (Å²) in [6, 6.07) is 2.00. The maximum absolute atomic E-state index is 10.5. The molecule has 0 saturated heterocycles. The number of halogens is 1. The zero-order chi connectivity index (χ0) is 8.97. The van der Waals surface area contributed by atoms with Crippen LogP contribution < -0.4 is 0 Å². The van der Waals surface area contributed by atoms with E-state index in [0.717, 1.165) is 27.6 Å². The number of hydrogen-bond acceptors (Lipinski definition) is 2. The van der Waals surface area contributed by atoms with E-state index in [2.05, 4.69) is 15.9 Å². The Morgan fingerprint density at radius 1 is 1.75 bits per heavy atom. The van der Waals surface area contributed by atoms with Crippen LogP contribution >= 0.6 is 27.3 Å². The van der Waals surface area contributed by atoms with Gasteiger partial charge in [0.2, 0.25) is 0 Å². The van der Waals surface area contributed by atoms with Crippen LogP contribution in [0.25, 0.3) is 6.08 Å². The normalized spacial score (nSPS) is 11.7. The molecule has 1 aromatic heterocycles. The van der Waals surface area contributed by atoms with Crippen molar-refractivity contribution in [1.82, 2.24) is 0 Å². The van der Waals surface area contributed by atoms with Crippen LogP contribution in [0, 0.1) is 0 Å². The van der Waals surface area contributed by atoms with Crippen LogP contribution in [0.4, 0.5) is 0 Å². The maximum atomic E-state index is 10.5. The minimum absolute atomic E-state index is 0.791. The first kappa shape index (κ1) is 9.68. The van der Waals surface area contributed by atoms with Gasteiger partial charge in [0.15, 0.2) is 0 Å². The van der Waals surface area contributed by atoms with E-state index in [-0.39, 0.29) is 0 Å². The fraction of sp³-hybridized carbons (Fsp3) is 0.222. The molecule has 1 rings (SSSR count). The van der Waals surface area contributed by atoms with Crippen molar-refractivity contribution < 1.29 is 4.79 Å². The van der Waals surface area contributed by atoms with E-state index in [1.165, 1.54) is 0 Å². The first-order valence-electron chi connectivity index (χ1n) is 3.66. The van der Waals surface area contributed by atoms with Crippen molar-refractivity contribution in [2.45, 2.75) is 13.3 Å². The predicted molar refractivity (Wildman–Crippen MR) is 56.4 cm³/mol. The van der Waals surface area contributed by atoms with Crippen LogP contribution in [-0.2, 0) is 4.79 Å². The maximum Gasteiger partial charge on any atom is 0.146 e. The molecule has 0 atom stereocenters. The molecule has 0 aliphatic rings. The second-order valence-electron chi connectivity index (χ2n) is 2.36. The van der Waals surface area contributed by atoms with Crippen LogP contribution in [0.2, 0.25) is 0 Å². The summed E-state index contributed by atoms with van der Waals surface area (Å²) in [6.45, 7) is 1.98. The quantitative estimate of drug-likeness (QED) is 0.588. The molecular weight excluding hydrogens is 236 g/mol. The molecule has 1 nitrogen and oxygen atoms in total. The number of aldehydes is 1. The van der Waals surface area contributed by atoms with E-state index >= 15 is 0 Å². The molecule has 0 unspecified atom stereocenters. The highest BCUT2D eigenvalue weighted by Gasteiger charge is 1.95. The van der Waals surface area contributed by atoms with Crippen molar-refractivity contribution in [3.05, 3.63) is 26.4 Å². The first-order chi connectivity index (χ1) is 5.76. The highest BCUT2D eigenvalue weighted by Crippen LogP contribution is 2.22. The third kappa shape index (κ3) is 2.57. The summed E-state index contributed by atoms with van der Waals surface area (Å²) < 4.78 is 1.07. The zero-order valence-corrected chi connectivity index (χ0v) is 9.11. The van der Waals surface area contributed by atoms with Crippen molar-refractivity contribution in [2.75, 3.05) is 0 Å². The Balaban J connectivity index is 2.85. The third-order valence-corrected chi connectivity index (χ3v) is 3.12. The topological polar surface area (TPSA) is 17.1 Å². The van der Waals surface area contributed by atoms with E-state index in [9.17, 15) is 4.79 Å². The summed E-state index contributed by atoms with van der Waals surface area (Å²) in [5, 5.41) is 2.00. The van der Waals surface area contributed by atoms with E-state index in [4.69, 9.17) is 0 Å².